The number of ether oxygens (including phenoxy) is 3. The number of thiophene rings is 1. The van der Waals surface area contributed by atoms with Crippen LogP contribution in [-0.2, 0) is 33.7 Å². The molecule has 1 aliphatic heterocycles. The molecule has 38 heavy (non-hydrogen) atoms. The Hall–Kier alpha value is -3.97. The van der Waals surface area contributed by atoms with Crippen molar-refractivity contribution in [3.8, 4) is 11.5 Å². The topological polar surface area (TPSA) is 116 Å². The first-order valence-corrected chi connectivity index (χ1v) is 12.3. The van der Waals surface area contributed by atoms with Crippen molar-refractivity contribution in [1.82, 2.24) is 10.3 Å². The molecule has 200 valence electrons. The first kappa shape index (κ1) is 27.1. The van der Waals surface area contributed by atoms with Crippen LogP contribution in [0, 0.1) is 0 Å². The molecular weight excluding hydrogens is 527 g/mol. The molecule has 0 saturated carbocycles. The number of hydrogen-bond acceptors (Lipinski definition) is 9. The van der Waals surface area contributed by atoms with Crippen molar-refractivity contribution in [1.29, 1.82) is 0 Å². The van der Waals surface area contributed by atoms with Crippen LogP contribution in [0.4, 0.5) is 19.0 Å². The van der Waals surface area contributed by atoms with E-state index in [1.807, 2.05) is 6.07 Å². The molecule has 0 aliphatic carbocycles. The third-order valence-electron chi connectivity index (χ3n) is 5.33. The number of fused-ring (bicyclic) bond motifs is 1. The van der Waals surface area contributed by atoms with Gasteiger partial charge in [0, 0.05) is 30.6 Å². The fourth-order valence-electron chi connectivity index (χ4n) is 3.50. The minimum absolute atomic E-state index is 0.203. The second-order valence-corrected chi connectivity index (χ2v) is 9.22. The van der Waals surface area contributed by atoms with Gasteiger partial charge in [0.2, 0.25) is 0 Å². The fourth-order valence-corrected chi connectivity index (χ4v) is 4.58. The van der Waals surface area contributed by atoms with E-state index in [4.69, 9.17) is 9.47 Å². The quantitative estimate of drug-likeness (QED) is 0.307. The summed E-state index contributed by atoms with van der Waals surface area (Å²) in [6.07, 6.45) is -2.33. The highest BCUT2D eigenvalue weighted by molar-refractivity contribution is 7.14. The molecule has 0 bridgehead atoms. The lowest BCUT2D eigenvalue weighted by Crippen LogP contribution is -2.30. The highest BCUT2D eigenvalue weighted by Gasteiger charge is 2.42. The van der Waals surface area contributed by atoms with Gasteiger partial charge in [0.15, 0.2) is 18.2 Å². The number of pyridine rings is 1. The third-order valence-corrected chi connectivity index (χ3v) is 6.57. The molecule has 2 N–H and O–H groups in total. The Morgan fingerprint density at radius 3 is 2.63 bits per heavy atom. The van der Waals surface area contributed by atoms with Crippen LogP contribution in [-0.4, -0.2) is 48.8 Å². The van der Waals surface area contributed by atoms with Crippen molar-refractivity contribution in [3.63, 3.8) is 0 Å². The van der Waals surface area contributed by atoms with Crippen LogP contribution in [0.2, 0.25) is 0 Å². The number of halogens is 3. The van der Waals surface area contributed by atoms with E-state index in [1.165, 1.54) is 28.3 Å². The van der Waals surface area contributed by atoms with Crippen molar-refractivity contribution in [2.75, 3.05) is 25.1 Å². The number of esters is 2. The molecule has 1 aliphatic rings. The number of nitrogens with zero attached hydrogens (tertiary/aromatic N) is 1. The van der Waals surface area contributed by atoms with Gasteiger partial charge in [0.25, 0.3) is 5.91 Å². The van der Waals surface area contributed by atoms with Gasteiger partial charge in [-0.2, -0.15) is 13.2 Å². The van der Waals surface area contributed by atoms with Crippen LogP contribution in [0.25, 0.3) is 0 Å². The van der Waals surface area contributed by atoms with Crippen LogP contribution >= 0.6 is 11.3 Å². The Morgan fingerprint density at radius 2 is 1.89 bits per heavy atom. The first-order chi connectivity index (χ1) is 18.2. The molecule has 3 aromatic rings. The lowest BCUT2D eigenvalue weighted by atomic mass is 10.1. The van der Waals surface area contributed by atoms with Crippen LogP contribution in [0.15, 0.2) is 48.7 Å². The second kappa shape index (κ2) is 12.0. The maximum atomic E-state index is 12.8. The lowest BCUT2D eigenvalue weighted by Gasteiger charge is -2.11. The van der Waals surface area contributed by atoms with Crippen LogP contribution in [0.1, 0.15) is 25.7 Å². The summed E-state index contributed by atoms with van der Waals surface area (Å²) in [5, 5.41) is 6.10. The van der Waals surface area contributed by atoms with E-state index in [2.05, 4.69) is 20.4 Å². The SMILES string of the molecule is O=C(COc1ccc(CCOc2cccnc2NC(=O)c2cc3c(s2)CCNC3)cc1)OC(=O)C(F)(F)F. The molecule has 4 rings (SSSR count). The highest BCUT2D eigenvalue weighted by Crippen LogP contribution is 2.28. The molecule has 2 aromatic heterocycles. The number of alkyl halides is 3. The van der Waals surface area contributed by atoms with Crippen LogP contribution in [0.5, 0.6) is 11.5 Å². The molecule has 9 nitrogen and oxygen atoms in total. The molecule has 0 radical (unpaired) electrons. The minimum atomic E-state index is -5.26. The summed E-state index contributed by atoms with van der Waals surface area (Å²) >= 11 is 1.48. The van der Waals surface area contributed by atoms with Gasteiger partial charge in [-0.05, 0) is 47.9 Å². The van der Waals surface area contributed by atoms with Gasteiger partial charge < -0.3 is 24.8 Å². The predicted octanol–water partition coefficient (Wildman–Crippen LogP) is 3.67. The summed E-state index contributed by atoms with van der Waals surface area (Å²) in [7, 11) is 0. The monoisotopic (exact) mass is 549 g/mol. The molecule has 3 heterocycles. The number of amides is 1. The fraction of sp³-hybridized carbons (Fsp3) is 0.280. The molecule has 0 saturated heterocycles. The molecule has 1 aromatic carbocycles. The Bertz CT molecular complexity index is 1290. The predicted molar refractivity (Wildman–Crippen MR) is 130 cm³/mol. The van der Waals surface area contributed by atoms with E-state index in [0.29, 0.717) is 22.9 Å². The van der Waals surface area contributed by atoms with Gasteiger partial charge in [-0.15, -0.1) is 11.3 Å². The zero-order valence-electron chi connectivity index (χ0n) is 19.8. The molecular formula is C25H22F3N3O6S. The van der Waals surface area contributed by atoms with Crippen LogP contribution < -0.4 is 20.1 Å². The van der Waals surface area contributed by atoms with Gasteiger partial charge in [0.05, 0.1) is 11.5 Å². The van der Waals surface area contributed by atoms with Gasteiger partial charge in [-0.3, -0.25) is 4.79 Å². The standard InChI is InChI=1S/C25H22F3N3O6S/c26-25(27,28)24(34)37-21(32)14-36-17-5-3-15(4-6-17)8-11-35-18-2-1-9-30-22(18)31-23(33)20-12-16-13-29-10-7-19(16)38-20/h1-6,9,12,29H,7-8,10-11,13-14H2,(H,30,31,33). The summed E-state index contributed by atoms with van der Waals surface area (Å²) < 4.78 is 50.9. The Morgan fingerprint density at radius 1 is 1.11 bits per heavy atom. The molecule has 0 atom stereocenters. The lowest BCUT2D eigenvalue weighted by molar-refractivity contribution is -0.202. The summed E-state index contributed by atoms with van der Waals surface area (Å²) in [5.74, 6) is -3.39. The second-order valence-electron chi connectivity index (χ2n) is 8.08. The number of carbonyl (C=O) groups excluding carboxylic acids is 3. The summed E-state index contributed by atoms with van der Waals surface area (Å²) in [4.78, 5) is 40.8. The van der Waals surface area contributed by atoms with Crippen LogP contribution in [0.3, 0.4) is 0 Å². The van der Waals surface area contributed by atoms with E-state index >= 15 is 0 Å². The van der Waals surface area contributed by atoms with Gasteiger partial charge in [-0.1, -0.05) is 12.1 Å². The van der Waals surface area contributed by atoms with E-state index in [-0.39, 0.29) is 18.3 Å². The van der Waals surface area contributed by atoms with Crippen molar-refractivity contribution >= 4 is 35.0 Å². The number of benzene rings is 1. The third kappa shape index (κ3) is 7.29. The average Bonchev–Trinajstić information content (AvgIpc) is 3.33. The number of aromatic nitrogens is 1. The number of nitrogens with one attached hydrogen (secondary N) is 2. The highest BCUT2D eigenvalue weighted by atomic mass is 32.1. The molecule has 0 spiro atoms. The molecule has 0 fully saturated rings. The van der Waals surface area contributed by atoms with Crippen molar-refractivity contribution < 1.29 is 41.8 Å². The smallest absolute Gasteiger partial charge is 0.489 e. The largest absolute Gasteiger partial charge is 0.491 e. The molecule has 13 heteroatoms. The Labute approximate surface area is 218 Å². The van der Waals surface area contributed by atoms with Gasteiger partial charge in [-0.25, -0.2) is 14.6 Å². The minimum Gasteiger partial charge on any atom is -0.489 e. The number of anilines is 1. The average molecular weight is 550 g/mol. The molecule has 1 amide bonds. The van der Waals surface area contributed by atoms with Crippen molar-refractivity contribution in [3.05, 3.63) is 69.5 Å². The number of hydrogen-bond donors (Lipinski definition) is 2. The summed E-state index contributed by atoms with van der Waals surface area (Å²) in [6, 6.07) is 11.7. The van der Waals surface area contributed by atoms with Crippen molar-refractivity contribution in [2.24, 2.45) is 0 Å². The number of carbonyl (C=O) groups is 3. The Kier molecular flexibility index (Phi) is 8.59. The molecule has 0 unspecified atom stereocenters. The zero-order valence-corrected chi connectivity index (χ0v) is 20.6. The van der Waals surface area contributed by atoms with Gasteiger partial charge >= 0.3 is 18.1 Å². The Balaban J connectivity index is 1.25. The zero-order chi connectivity index (χ0) is 27.1. The van der Waals surface area contributed by atoms with Crippen molar-refractivity contribution in [2.45, 2.75) is 25.6 Å². The number of rotatable bonds is 9. The normalized spacial score (nSPS) is 12.8. The van der Waals surface area contributed by atoms with Gasteiger partial charge in [0.1, 0.15) is 5.75 Å². The van der Waals surface area contributed by atoms with E-state index in [9.17, 15) is 27.6 Å². The first-order valence-electron chi connectivity index (χ1n) is 11.4. The van der Waals surface area contributed by atoms with E-state index in [1.54, 1.807) is 30.5 Å². The van der Waals surface area contributed by atoms with E-state index in [0.717, 1.165) is 30.6 Å². The maximum Gasteiger partial charge on any atom is 0.491 e. The summed E-state index contributed by atoms with van der Waals surface area (Å²) in [6.45, 7) is 1.05. The van der Waals surface area contributed by atoms with E-state index < -0.39 is 24.7 Å². The summed E-state index contributed by atoms with van der Waals surface area (Å²) in [5.41, 5.74) is 1.98. The maximum absolute atomic E-state index is 12.8.